The summed E-state index contributed by atoms with van der Waals surface area (Å²) in [6.45, 7) is 28.6. The zero-order valence-electron chi connectivity index (χ0n) is 87.4. The Hall–Kier alpha value is -13.4. The van der Waals surface area contributed by atoms with Crippen LogP contribution in [0.15, 0.2) is 224 Å². The molecule has 0 saturated heterocycles. The first-order valence-electron chi connectivity index (χ1n) is 52.8. The van der Waals surface area contributed by atoms with Gasteiger partial charge in [0.25, 0.3) is 0 Å². The maximum atomic E-state index is 13.8. The van der Waals surface area contributed by atoms with Crippen molar-refractivity contribution < 1.29 is 90.3 Å². The largest absolute Gasteiger partial charge is 0.478 e. The number of aryl methyl sites for hydroxylation is 1. The number of furan rings is 4. The number of halogens is 1. The molecule has 0 unspecified atom stereocenters. The van der Waals surface area contributed by atoms with E-state index in [4.69, 9.17) is 48.2 Å². The molecule has 3 N–H and O–H groups in total. The average Bonchev–Trinajstić information content (AvgIpc) is 1.59. The van der Waals surface area contributed by atoms with Crippen molar-refractivity contribution in [3.05, 3.63) is 262 Å². The van der Waals surface area contributed by atoms with E-state index in [1.165, 1.54) is 12.7 Å². The molecule has 5 aromatic heterocycles. The smallest absolute Gasteiger partial charge is 0.340 e. The van der Waals surface area contributed by atoms with Crippen LogP contribution in [-0.4, -0.2) is 112 Å². The standard InChI is InChI=1S/C33H37NO5.C32H38N2O5.C32H35NO5.C26H30ClNO4/c1-21(2)34(32(35)25-12-9-22(3)10-13-25)29-18-27-26-17-24(20-38-16-15-23-7-5-4-6-8-23)11-14-30(26)39-31(27)19-28(29)33(36)37;1-21(2)34(31(35)24-10-7-22(3)8-11-24)28-18-26-25-17-23(20-38-16-6-15-33-13-4-5-14-33)9-12-29(25)39-30(26)19-27(28)32(36)37;1-20(2)33(31(34)24-12-9-21(3)10-13-24)28-16-26-25-15-23(19-37-18-22-7-5-4-6-8-22)11-14-29(25)38-30(26)17-27(28)32(35)36;1-15(2)28(25(29)18-8-5-16(3)6-9-18)22-12-20-19-11-17(14-27)7-10-23(19)32-24(20)13-21(22)26(30)31-4/h4-8,11,14,17-19,21-22,25H,9-10,12-13,15-16,20H2,1-3H3,(H,36,37);4-5,9,12-14,17-19,21-22,24H,6-8,10-11,15-16,20H2,1-3H3,(H,36,37);4-8,11,14-17,20-21,24H,9-10,12-13,18-19H2,1-3H3,(H,35,36);7,10-13,15-16,18H,5-6,8-9,14H2,1-4H3. The van der Waals surface area contributed by atoms with Crippen LogP contribution in [0.4, 0.5) is 22.7 Å². The van der Waals surface area contributed by atoms with Crippen LogP contribution in [0, 0.1) is 47.3 Å². The molecule has 4 fully saturated rings. The fourth-order valence-corrected chi connectivity index (χ4v) is 21.9. The topological polar surface area (TPSA) is 305 Å². The summed E-state index contributed by atoms with van der Waals surface area (Å²) < 4.78 is 49.2. The van der Waals surface area contributed by atoms with Gasteiger partial charge in [-0.25, -0.2) is 19.2 Å². The van der Waals surface area contributed by atoms with E-state index in [0.29, 0.717) is 142 Å². The number of benzene rings is 10. The minimum atomic E-state index is -1.08. The first kappa shape index (κ1) is 107. The Balaban J connectivity index is 0.000000141. The number of alkyl halides is 1. The number of esters is 1. The van der Waals surface area contributed by atoms with Crippen LogP contribution in [-0.2, 0) is 83.4 Å². The van der Waals surface area contributed by atoms with Crippen molar-refractivity contribution in [2.75, 3.05) is 39.9 Å². The number of carboxylic acid groups (broad SMARTS) is 3. The van der Waals surface area contributed by atoms with Gasteiger partial charge >= 0.3 is 23.9 Å². The second kappa shape index (κ2) is 48.7. The van der Waals surface area contributed by atoms with Gasteiger partial charge in [-0.3, -0.25) is 19.2 Å². The zero-order chi connectivity index (χ0) is 105. The van der Waals surface area contributed by atoms with Gasteiger partial charge in [0.15, 0.2) is 0 Å². The van der Waals surface area contributed by atoms with E-state index in [0.717, 1.165) is 193 Å². The molecule has 778 valence electrons. The Bertz CT molecular complexity index is 7220. The van der Waals surface area contributed by atoms with E-state index in [9.17, 15) is 53.7 Å². The summed E-state index contributed by atoms with van der Waals surface area (Å²) in [5.74, 6) is -0.940. The molecule has 4 aliphatic carbocycles. The van der Waals surface area contributed by atoms with Gasteiger partial charge in [-0.05, 0) is 337 Å². The molecule has 0 spiro atoms. The molecule has 25 heteroatoms. The first-order valence-corrected chi connectivity index (χ1v) is 53.4. The molecule has 4 aliphatic rings. The summed E-state index contributed by atoms with van der Waals surface area (Å²) in [4.78, 5) is 112. The summed E-state index contributed by atoms with van der Waals surface area (Å²) >= 11 is 6.05. The van der Waals surface area contributed by atoms with Crippen molar-refractivity contribution in [1.82, 2.24) is 4.57 Å². The minimum Gasteiger partial charge on any atom is -0.478 e. The zero-order valence-corrected chi connectivity index (χ0v) is 88.2. The summed E-state index contributed by atoms with van der Waals surface area (Å²) in [5.41, 5.74) is 13.6. The molecule has 24 nitrogen and oxygen atoms in total. The van der Waals surface area contributed by atoms with Gasteiger partial charge in [0.2, 0.25) is 23.6 Å². The Morgan fingerprint density at radius 3 is 0.912 bits per heavy atom. The fourth-order valence-electron chi connectivity index (χ4n) is 21.7. The molecule has 0 aliphatic heterocycles. The van der Waals surface area contributed by atoms with Gasteiger partial charge in [-0.2, -0.15) is 0 Å². The maximum Gasteiger partial charge on any atom is 0.340 e. The van der Waals surface area contributed by atoms with Crippen LogP contribution in [0.1, 0.15) is 267 Å². The van der Waals surface area contributed by atoms with E-state index in [1.54, 1.807) is 43.9 Å². The molecule has 19 rings (SSSR count). The lowest BCUT2D eigenvalue weighted by Gasteiger charge is -2.34. The normalized spacial score (nSPS) is 18.0. The first-order chi connectivity index (χ1) is 71.3. The number of aromatic carboxylic acids is 3. The number of carbonyl (C=O) groups excluding carboxylic acids is 5. The van der Waals surface area contributed by atoms with Crippen LogP contribution < -0.4 is 19.6 Å². The lowest BCUT2D eigenvalue weighted by atomic mass is 9.82. The molecule has 4 amide bonds. The quantitative estimate of drug-likeness (QED) is 0.0200. The Kier molecular flexibility index (Phi) is 35.3. The summed E-state index contributed by atoms with van der Waals surface area (Å²) in [6.07, 6.45) is 20.9. The number of carbonyl (C=O) groups is 8. The third-order valence-corrected chi connectivity index (χ3v) is 30.3. The van der Waals surface area contributed by atoms with E-state index in [2.05, 4.69) is 44.4 Å². The van der Waals surface area contributed by atoms with Gasteiger partial charge in [0.1, 0.15) is 44.7 Å². The molecule has 148 heavy (non-hydrogen) atoms. The Morgan fingerprint density at radius 2 is 0.601 bits per heavy atom. The van der Waals surface area contributed by atoms with Crippen molar-refractivity contribution in [2.45, 2.75) is 262 Å². The fraction of sp³-hybridized carbons (Fsp3) is 0.415. The van der Waals surface area contributed by atoms with E-state index >= 15 is 0 Å². The highest BCUT2D eigenvalue weighted by Gasteiger charge is 2.40. The highest BCUT2D eigenvalue weighted by molar-refractivity contribution is 6.19. The van der Waals surface area contributed by atoms with E-state index in [1.807, 2.05) is 226 Å². The molecular formula is C123H140ClN5O19. The molecule has 0 atom stereocenters. The Morgan fingerprint density at radius 1 is 0.324 bits per heavy atom. The molecule has 5 heterocycles. The molecule has 4 saturated carbocycles. The highest BCUT2D eigenvalue weighted by Crippen LogP contribution is 2.46. The van der Waals surface area contributed by atoms with Crippen molar-refractivity contribution in [2.24, 2.45) is 47.3 Å². The number of amides is 4. The number of hydrogen-bond acceptors (Lipinski definition) is 16. The van der Waals surface area contributed by atoms with Gasteiger partial charge in [0.05, 0.1) is 85.1 Å². The van der Waals surface area contributed by atoms with Gasteiger partial charge in [0, 0.05) is 122 Å². The number of anilines is 4. The van der Waals surface area contributed by atoms with Crippen LogP contribution in [0.5, 0.6) is 0 Å². The third kappa shape index (κ3) is 25.1. The number of carboxylic acids is 3. The number of rotatable bonds is 32. The van der Waals surface area contributed by atoms with Crippen LogP contribution >= 0.6 is 11.6 Å². The third-order valence-electron chi connectivity index (χ3n) is 30.0. The van der Waals surface area contributed by atoms with E-state index < -0.39 is 23.9 Å². The number of aromatic nitrogens is 1. The highest BCUT2D eigenvalue weighted by atomic mass is 35.5. The number of nitrogens with zero attached hydrogens (tertiary/aromatic N) is 5. The monoisotopic (exact) mass is 2030 g/mol. The summed E-state index contributed by atoms with van der Waals surface area (Å²) in [7, 11) is 1.35. The lowest BCUT2D eigenvalue weighted by molar-refractivity contribution is -0.124. The molecular weight excluding hydrogens is 1890 g/mol. The van der Waals surface area contributed by atoms with Crippen molar-refractivity contribution in [3.63, 3.8) is 0 Å². The van der Waals surface area contributed by atoms with Gasteiger partial charge in [-0.15, -0.1) is 11.6 Å². The second-order valence-corrected chi connectivity index (χ2v) is 42.6. The molecule has 15 aromatic rings. The molecule has 0 bridgehead atoms. The van der Waals surface area contributed by atoms with Crippen molar-refractivity contribution in [1.29, 1.82) is 0 Å². The number of methoxy groups -OCH3 is 1. The van der Waals surface area contributed by atoms with Crippen molar-refractivity contribution in [3.8, 4) is 0 Å². The number of hydrogen-bond donors (Lipinski definition) is 3. The minimum absolute atomic E-state index is 0.0107. The Labute approximate surface area is 870 Å². The predicted octanol–water partition coefficient (Wildman–Crippen LogP) is 29.1. The predicted molar refractivity (Wildman–Crippen MR) is 585 cm³/mol. The molecule has 10 aromatic carbocycles. The van der Waals surface area contributed by atoms with Crippen LogP contribution in [0.2, 0.25) is 0 Å². The molecule has 0 radical (unpaired) electrons. The maximum absolute atomic E-state index is 13.8. The number of ether oxygens (including phenoxy) is 4. The van der Waals surface area contributed by atoms with Gasteiger partial charge in [-0.1, -0.05) is 113 Å². The SMILES string of the molecule is CC1CCC(C(=O)N(c2cc3c(cc2C(=O)O)oc2ccc(COCCCn4cccc4)cc23)C(C)C)CC1.CC1CCC(C(=O)N(c2cc3c(cc2C(=O)O)oc2ccc(COCCc4ccccc4)cc23)C(C)C)CC1.CC1CCC(C(=O)N(c2cc3c(cc2C(=O)O)oc2ccc(COCc4ccccc4)cc23)C(C)C)CC1.COC(=O)c1cc2oc3ccc(CCl)cc3c2cc1N(C(=O)C1CCC(C)CC1)C(C)C. The summed E-state index contributed by atoms with van der Waals surface area (Å²) in [5, 5.41) is 37.1. The van der Waals surface area contributed by atoms with Crippen molar-refractivity contribution >= 4 is 170 Å². The average molecular weight is 2030 g/mol. The second-order valence-electron chi connectivity index (χ2n) is 42.4. The van der Waals surface area contributed by atoms with Crippen LogP contribution in [0.25, 0.3) is 87.8 Å². The summed E-state index contributed by atoms with van der Waals surface area (Å²) in [6, 6.07) is 61.0. The van der Waals surface area contributed by atoms with Gasteiger partial charge < -0.3 is 76.1 Å². The van der Waals surface area contributed by atoms with E-state index in [-0.39, 0.29) is 88.2 Å². The van der Waals surface area contributed by atoms with Crippen LogP contribution in [0.3, 0.4) is 0 Å². The lowest BCUT2D eigenvalue weighted by Crippen LogP contribution is -2.43. The number of fused-ring (bicyclic) bond motifs is 12.